The first-order chi connectivity index (χ1) is 8.29. The zero-order valence-corrected chi connectivity index (χ0v) is 9.59. The van der Waals surface area contributed by atoms with Crippen molar-refractivity contribution in [2.75, 3.05) is 7.11 Å². The smallest absolute Gasteiger partial charge is 0.309 e. The predicted octanol–water partition coefficient (Wildman–Crippen LogP) is 2.46. The molecule has 0 radical (unpaired) electrons. The van der Waals surface area contributed by atoms with Gasteiger partial charge in [-0.2, -0.15) is 0 Å². The Morgan fingerprint density at radius 3 is 2.82 bits per heavy atom. The van der Waals surface area contributed by atoms with Crippen LogP contribution < -0.4 is 0 Å². The monoisotopic (exact) mass is 227 g/mol. The minimum Gasteiger partial charge on any atom is -0.469 e. The molecule has 0 amide bonds. The molecule has 0 N–H and O–H groups in total. The lowest BCUT2D eigenvalue weighted by molar-refractivity contribution is -0.139. The van der Waals surface area contributed by atoms with Gasteiger partial charge >= 0.3 is 5.97 Å². The number of benzene rings is 1. The highest BCUT2D eigenvalue weighted by atomic mass is 16.5. The van der Waals surface area contributed by atoms with E-state index in [2.05, 4.69) is 9.72 Å². The zero-order chi connectivity index (χ0) is 12.1. The zero-order valence-electron chi connectivity index (χ0n) is 9.59. The van der Waals surface area contributed by atoms with Crippen LogP contribution in [0.1, 0.15) is 5.56 Å². The molecule has 0 aliphatic heterocycles. The maximum absolute atomic E-state index is 11.2. The molecule has 3 nitrogen and oxygen atoms in total. The van der Waals surface area contributed by atoms with Crippen molar-refractivity contribution in [2.24, 2.45) is 0 Å². The first kappa shape index (κ1) is 11.3. The van der Waals surface area contributed by atoms with Crippen LogP contribution in [0.2, 0.25) is 0 Å². The van der Waals surface area contributed by atoms with Gasteiger partial charge in [-0.15, -0.1) is 0 Å². The van der Waals surface area contributed by atoms with E-state index in [9.17, 15) is 4.79 Å². The first-order valence-corrected chi connectivity index (χ1v) is 5.37. The number of pyridine rings is 1. The van der Waals surface area contributed by atoms with Crippen LogP contribution in [0.25, 0.3) is 11.3 Å². The third-order valence-electron chi connectivity index (χ3n) is 2.46. The van der Waals surface area contributed by atoms with Gasteiger partial charge in [0.25, 0.3) is 0 Å². The summed E-state index contributed by atoms with van der Waals surface area (Å²) in [7, 11) is 1.39. The van der Waals surface area contributed by atoms with E-state index in [0.29, 0.717) is 0 Å². The van der Waals surface area contributed by atoms with Crippen LogP contribution in [-0.2, 0) is 16.0 Å². The maximum Gasteiger partial charge on any atom is 0.309 e. The lowest BCUT2D eigenvalue weighted by Crippen LogP contribution is -2.04. The molecule has 0 aliphatic carbocycles. The summed E-state index contributed by atoms with van der Waals surface area (Å²) in [6.07, 6.45) is 2.04. The van der Waals surface area contributed by atoms with Crippen molar-refractivity contribution in [1.82, 2.24) is 4.98 Å². The van der Waals surface area contributed by atoms with Crippen molar-refractivity contribution < 1.29 is 9.53 Å². The van der Waals surface area contributed by atoms with Gasteiger partial charge in [0.1, 0.15) is 0 Å². The molecule has 2 rings (SSSR count). The van der Waals surface area contributed by atoms with Crippen LogP contribution >= 0.6 is 0 Å². The number of hydrogen-bond donors (Lipinski definition) is 0. The summed E-state index contributed by atoms with van der Waals surface area (Å²) in [6.45, 7) is 0. The summed E-state index contributed by atoms with van der Waals surface area (Å²) < 4.78 is 4.65. The molecule has 0 aliphatic rings. The van der Waals surface area contributed by atoms with Crippen molar-refractivity contribution in [3.8, 4) is 11.3 Å². The molecular formula is C14H13NO2. The molecule has 3 heteroatoms. The summed E-state index contributed by atoms with van der Waals surface area (Å²) in [5.41, 5.74) is 2.84. The maximum atomic E-state index is 11.2. The fourth-order valence-corrected chi connectivity index (χ4v) is 1.61. The number of carbonyl (C=O) groups excluding carboxylic acids is 1. The lowest BCUT2D eigenvalue weighted by atomic mass is 10.1. The molecule has 1 heterocycles. The van der Waals surface area contributed by atoms with Gasteiger partial charge in [0, 0.05) is 11.8 Å². The van der Waals surface area contributed by atoms with E-state index < -0.39 is 0 Å². The summed E-state index contributed by atoms with van der Waals surface area (Å²) in [4.78, 5) is 15.5. The molecule has 0 atom stereocenters. The van der Waals surface area contributed by atoms with E-state index in [4.69, 9.17) is 0 Å². The molecule has 0 bridgehead atoms. The summed E-state index contributed by atoms with van der Waals surface area (Å²) >= 11 is 0. The predicted molar refractivity (Wildman–Crippen MR) is 65.4 cm³/mol. The number of rotatable bonds is 3. The summed E-state index contributed by atoms with van der Waals surface area (Å²) in [6, 6.07) is 13.5. The Balaban J connectivity index is 2.26. The van der Waals surface area contributed by atoms with Crippen LogP contribution in [-0.4, -0.2) is 18.1 Å². The molecular weight excluding hydrogens is 214 g/mol. The number of aromatic nitrogens is 1. The highest BCUT2D eigenvalue weighted by Crippen LogP contribution is 2.18. The van der Waals surface area contributed by atoms with Crippen LogP contribution in [0.15, 0.2) is 48.7 Å². The first-order valence-electron chi connectivity index (χ1n) is 5.37. The van der Waals surface area contributed by atoms with E-state index in [1.807, 2.05) is 42.5 Å². The van der Waals surface area contributed by atoms with Crippen LogP contribution in [0.3, 0.4) is 0 Å². The molecule has 0 fully saturated rings. The highest BCUT2D eigenvalue weighted by Gasteiger charge is 2.04. The number of ether oxygens (including phenoxy) is 1. The topological polar surface area (TPSA) is 39.2 Å². The molecule has 0 saturated heterocycles. The third kappa shape index (κ3) is 2.91. The molecule has 0 saturated carbocycles. The Kier molecular flexibility index (Phi) is 3.50. The summed E-state index contributed by atoms with van der Waals surface area (Å²) in [5, 5.41) is 0. The fourth-order valence-electron chi connectivity index (χ4n) is 1.61. The average molecular weight is 227 g/mol. The van der Waals surface area contributed by atoms with Crippen molar-refractivity contribution in [1.29, 1.82) is 0 Å². The number of hydrogen-bond acceptors (Lipinski definition) is 3. The van der Waals surface area contributed by atoms with Gasteiger partial charge in [-0.25, -0.2) is 0 Å². The van der Waals surface area contributed by atoms with Gasteiger partial charge in [-0.3, -0.25) is 9.78 Å². The molecule has 17 heavy (non-hydrogen) atoms. The van der Waals surface area contributed by atoms with E-state index in [1.165, 1.54) is 7.11 Å². The second-order valence-electron chi connectivity index (χ2n) is 3.67. The van der Waals surface area contributed by atoms with Gasteiger partial charge < -0.3 is 4.74 Å². The second kappa shape index (κ2) is 5.25. The van der Waals surface area contributed by atoms with Crippen molar-refractivity contribution in [3.05, 3.63) is 54.2 Å². The van der Waals surface area contributed by atoms with E-state index >= 15 is 0 Å². The standard InChI is InChI=1S/C14H13NO2/c1-17-14(16)10-11-5-4-6-12(9-11)13-7-2-3-8-15-13/h2-9H,10H2,1H3. The third-order valence-corrected chi connectivity index (χ3v) is 2.46. The van der Waals surface area contributed by atoms with Gasteiger partial charge in [0.2, 0.25) is 0 Å². The highest BCUT2D eigenvalue weighted by molar-refractivity contribution is 5.73. The van der Waals surface area contributed by atoms with Gasteiger partial charge in [0.15, 0.2) is 0 Å². The van der Waals surface area contributed by atoms with Gasteiger partial charge in [-0.1, -0.05) is 24.3 Å². The lowest BCUT2D eigenvalue weighted by Gasteiger charge is -2.04. The van der Waals surface area contributed by atoms with E-state index in [1.54, 1.807) is 6.20 Å². The quantitative estimate of drug-likeness (QED) is 0.756. The van der Waals surface area contributed by atoms with Crippen molar-refractivity contribution >= 4 is 5.97 Å². The number of esters is 1. The number of carbonyl (C=O) groups is 1. The number of nitrogens with zero attached hydrogens (tertiary/aromatic N) is 1. The Labute approximate surface area is 100 Å². The Hall–Kier alpha value is -2.16. The Bertz CT molecular complexity index is 509. The Morgan fingerprint density at radius 1 is 1.24 bits per heavy atom. The van der Waals surface area contributed by atoms with Crippen LogP contribution in [0.5, 0.6) is 0 Å². The van der Waals surface area contributed by atoms with Crippen LogP contribution in [0.4, 0.5) is 0 Å². The molecule has 0 spiro atoms. The molecule has 1 aromatic carbocycles. The average Bonchev–Trinajstić information content (AvgIpc) is 2.40. The molecule has 1 aromatic heterocycles. The van der Waals surface area contributed by atoms with E-state index in [-0.39, 0.29) is 12.4 Å². The molecule has 0 unspecified atom stereocenters. The van der Waals surface area contributed by atoms with E-state index in [0.717, 1.165) is 16.8 Å². The van der Waals surface area contributed by atoms with Crippen molar-refractivity contribution in [2.45, 2.75) is 6.42 Å². The van der Waals surface area contributed by atoms with Gasteiger partial charge in [0.05, 0.1) is 19.2 Å². The normalized spacial score (nSPS) is 9.94. The fraction of sp³-hybridized carbons (Fsp3) is 0.143. The Morgan fingerprint density at radius 2 is 2.12 bits per heavy atom. The number of methoxy groups -OCH3 is 1. The summed E-state index contributed by atoms with van der Waals surface area (Å²) in [5.74, 6) is -0.233. The SMILES string of the molecule is COC(=O)Cc1cccc(-c2ccccn2)c1. The largest absolute Gasteiger partial charge is 0.469 e. The minimum absolute atomic E-state index is 0.233. The molecule has 86 valence electrons. The van der Waals surface area contributed by atoms with Gasteiger partial charge in [-0.05, 0) is 23.8 Å². The molecule has 2 aromatic rings. The van der Waals surface area contributed by atoms with Crippen molar-refractivity contribution in [3.63, 3.8) is 0 Å². The van der Waals surface area contributed by atoms with Crippen LogP contribution in [0, 0.1) is 0 Å². The second-order valence-corrected chi connectivity index (χ2v) is 3.67. The minimum atomic E-state index is -0.233.